The van der Waals surface area contributed by atoms with Crippen LogP contribution in [0, 0.1) is 0 Å². The van der Waals surface area contributed by atoms with E-state index in [9.17, 15) is 4.79 Å². The molecular weight excluding hydrogens is 174 g/mol. The summed E-state index contributed by atoms with van der Waals surface area (Å²) in [4.78, 5) is 10.9. The van der Waals surface area contributed by atoms with Gasteiger partial charge in [0.15, 0.2) is 0 Å². The lowest BCUT2D eigenvalue weighted by Crippen LogP contribution is -1.96. The maximum absolute atomic E-state index is 10.2. The van der Waals surface area contributed by atoms with Gasteiger partial charge in [-0.15, -0.1) is 12.6 Å². The quantitative estimate of drug-likeness (QED) is 0.551. The first-order valence-electron chi connectivity index (χ1n) is 3.35. The van der Waals surface area contributed by atoms with E-state index < -0.39 is 0 Å². The van der Waals surface area contributed by atoms with Crippen LogP contribution < -0.4 is 10.1 Å². The molecule has 64 valence electrons. The summed E-state index contributed by atoms with van der Waals surface area (Å²) in [7, 11) is 1.55. The minimum atomic E-state index is 0.602. The molecule has 1 N–H and O–H groups in total. The van der Waals surface area contributed by atoms with Crippen molar-refractivity contribution in [2.24, 2.45) is 0 Å². The number of ether oxygens (including phenoxy) is 1. The number of anilines is 1. The minimum absolute atomic E-state index is 0.602. The molecule has 0 atom stereocenters. The molecule has 1 amide bonds. The van der Waals surface area contributed by atoms with Crippen molar-refractivity contribution >= 4 is 24.7 Å². The average molecular weight is 183 g/mol. The molecule has 3 nitrogen and oxygen atoms in total. The Morgan fingerprint density at radius 1 is 1.58 bits per heavy atom. The molecule has 0 bridgehead atoms. The third-order valence-corrected chi connectivity index (χ3v) is 1.68. The summed E-state index contributed by atoms with van der Waals surface area (Å²) >= 11 is 4.12. The summed E-state index contributed by atoms with van der Waals surface area (Å²) in [5.74, 6) is 0.625. The summed E-state index contributed by atoms with van der Waals surface area (Å²) in [6, 6.07) is 5.25. The Hall–Kier alpha value is -1.16. The first-order valence-corrected chi connectivity index (χ1v) is 3.80. The number of benzene rings is 1. The molecule has 0 saturated heterocycles. The molecule has 0 saturated carbocycles. The van der Waals surface area contributed by atoms with Crippen molar-refractivity contribution in [3.05, 3.63) is 18.2 Å². The Labute approximate surface area is 76.1 Å². The van der Waals surface area contributed by atoms with Gasteiger partial charge in [0.2, 0.25) is 6.41 Å². The molecule has 1 aromatic carbocycles. The van der Waals surface area contributed by atoms with Crippen molar-refractivity contribution in [2.45, 2.75) is 4.90 Å². The van der Waals surface area contributed by atoms with Crippen LogP contribution in [0.4, 0.5) is 5.69 Å². The van der Waals surface area contributed by atoms with E-state index in [0.717, 1.165) is 4.90 Å². The summed E-state index contributed by atoms with van der Waals surface area (Å²) in [5, 5.41) is 2.51. The van der Waals surface area contributed by atoms with Crippen molar-refractivity contribution in [2.75, 3.05) is 12.4 Å². The SMILES string of the molecule is COc1ccc(S)cc1NC=O. The van der Waals surface area contributed by atoms with Gasteiger partial charge in [0.1, 0.15) is 5.75 Å². The Morgan fingerprint density at radius 2 is 2.33 bits per heavy atom. The van der Waals surface area contributed by atoms with Gasteiger partial charge in [0.05, 0.1) is 12.8 Å². The van der Waals surface area contributed by atoms with Crippen LogP contribution in [0.25, 0.3) is 0 Å². The zero-order valence-corrected chi connectivity index (χ0v) is 7.47. The summed E-state index contributed by atoms with van der Waals surface area (Å²) in [6.07, 6.45) is 0.602. The van der Waals surface area contributed by atoms with E-state index in [4.69, 9.17) is 4.74 Å². The van der Waals surface area contributed by atoms with E-state index in [1.807, 2.05) is 0 Å². The number of amides is 1. The first-order chi connectivity index (χ1) is 5.77. The lowest BCUT2D eigenvalue weighted by Gasteiger charge is -2.06. The van der Waals surface area contributed by atoms with Crippen LogP contribution in [0.5, 0.6) is 5.75 Å². The zero-order valence-electron chi connectivity index (χ0n) is 6.57. The number of thiol groups is 1. The standard InChI is InChI=1S/C8H9NO2S/c1-11-8-3-2-6(12)4-7(8)9-5-10/h2-5,12H,1H3,(H,9,10). The first kappa shape index (κ1) is 8.93. The highest BCUT2D eigenvalue weighted by Crippen LogP contribution is 2.25. The maximum Gasteiger partial charge on any atom is 0.211 e. The smallest absolute Gasteiger partial charge is 0.211 e. The third-order valence-electron chi connectivity index (χ3n) is 1.40. The van der Waals surface area contributed by atoms with Crippen LogP contribution in [0.2, 0.25) is 0 Å². The Kier molecular flexibility index (Phi) is 2.99. The van der Waals surface area contributed by atoms with Gasteiger partial charge < -0.3 is 10.1 Å². The molecule has 0 unspecified atom stereocenters. The van der Waals surface area contributed by atoms with Crippen LogP contribution in [0.1, 0.15) is 0 Å². The summed E-state index contributed by atoms with van der Waals surface area (Å²) < 4.78 is 5.00. The molecule has 1 rings (SSSR count). The van der Waals surface area contributed by atoms with Gasteiger partial charge in [-0.05, 0) is 18.2 Å². The second-order valence-corrected chi connectivity index (χ2v) is 2.66. The van der Waals surface area contributed by atoms with Crippen molar-refractivity contribution < 1.29 is 9.53 Å². The lowest BCUT2D eigenvalue weighted by molar-refractivity contribution is -0.105. The van der Waals surface area contributed by atoms with Crippen LogP contribution in [-0.2, 0) is 4.79 Å². The van der Waals surface area contributed by atoms with Gasteiger partial charge in [-0.1, -0.05) is 0 Å². The molecule has 0 aliphatic carbocycles. The van der Waals surface area contributed by atoms with Crippen LogP contribution in [-0.4, -0.2) is 13.5 Å². The molecule has 0 fully saturated rings. The van der Waals surface area contributed by atoms with Crippen LogP contribution in [0.15, 0.2) is 23.1 Å². The number of methoxy groups -OCH3 is 1. The fourth-order valence-corrected chi connectivity index (χ4v) is 1.08. The molecule has 0 radical (unpaired) electrons. The second-order valence-electron chi connectivity index (χ2n) is 2.15. The zero-order chi connectivity index (χ0) is 8.97. The van der Waals surface area contributed by atoms with E-state index in [0.29, 0.717) is 17.8 Å². The molecule has 0 aliphatic heterocycles. The predicted molar refractivity (Wildman–Crippen MR) is 49.9 cm³/mol. The van der Waals surface area contributed by atoms with E-state index in [2.05, 4.69) is 17.9 Å². The fraction of sp³-hybridized carbons (Fsp3) is 0.125. The number of carbonyl (C=O) groups is 1. The third kappa shape index (κ3) is 1.92. The van der Waals surface area contributed by atoms with Gasteiger partial charge in [0, 0.05) is 4.90 Å². The molecule has 0 aromatic heterocycles. The highest BCUT2D eigenvalue weighted by molar-refractivity contribution is 7.80. The van der Waals surface area contributed by atoms with Gasteiger partial charge >= 0.3 is 0 Å². The van der Waals surface area contributed by atoms with Gasteiger partial charge in [-0.3, -0.25) is 4.79 Å². The highest BCUT2D eigenvalue weighted by Gasteiger charge is 2.00. The van der Waals surface area contributed by atoms with Gasteiger partial charge in [-0.2, -0.15) is 0 Å². The van der Waals surface area contributed by atoms with E-state index in [1.54, 1.807) is 25.3 Å². The normalized spacial score (nSPS) is 9.17. The Morgan fingerprint density at radius 3 is 2.92 bits per heavy atom. The number of rotatable bonds is 3. The fourth-order valence-electron chi connectivity index (χ4n) is 0.872. The number of hydrogen-bond donors (Lipinski definition) is 2. The molecule has 0 spiro atoms. The molecular formula is C8H9NO2S. The second kappa shape index (κ2) is 4.01. The Balaban J connectivity index is 3.03. The molecule has 4 heteroatoms. The van der Waals surface area contributed by atoms with Gasteiger partial charge in [-0.25, -0.2) is 0 Å². The van der Waals surface area contributed by atoms with Crippen molar-refractivity contribution in [3.63, 3.8) is 0 Å². The topological polar surface area (TPSA) is 38.3 Å². The van der Waals surface area contributed by atoms with E-state index in [-0.39, 0.29) is 0 Å². The van der Waals surface area contributed by atoms with Crippen molar-refractivity contribution in [1.29, 1.82) is 0 Å². The maximum atomic E-state index is 10.2. The molecule has 12 heavy (non-hydrogen) atoms. The molecule has 0 heterocycles. The predicted octanol–water partition coefficient (Wildman–Crippen LogP) is 1.55. The van der Waals surface area contributed by atoms with Crippen molar-refractivity contribution in [3.8, 4) is 5.75 Å². The van der Waals surface area contributed by atoms with E-state index >= 15 is 0 Å². The molecule has 0 aliphatic rings. The lowest BCUT2D eigenvalue weighted by atomic mass is 10.3. The summed E-state index contributed by atoms with van der Waals surface area (Å²) in [5.41, 5.74) is 0.625. The molecule has 1 aromatic rings. The van der Waals surface area contributed by atoms with E-state index in [1.165, 1.54) is 0 Å². The Bertz CT molecular complexity index is 288. The monoisotopic (exact) mass is 183 g/mol. The van der Waals surface area contributed by atoms with Crippen LogP contribution >= 0.6 is 12.6 Å². The number of carbonyl (C=O) groups excluding carboxylic acids is 1. The number of nitrogens with one attached hydrogen (secondary N) is 1. The average Bonchev–Trinajstić information content (AvgIpc) is 2.05. The largest absolute Gasteiger partial charge is 0.495 e. The van der Waals surface area contributed by atoms with Crippen molar-refractivity contribution in [1.82, 2.24) is 0 Å². The van der Waals surface area contributed by atoms with Crippen LogP contribution in [0.3, 0.4) is 0 Å². The van der Waals surface area contributed by atoms with Gasteiger partial charge in [0.25, 0.3) is 0 Å². The minimum Gasteiger partial charge on any atom is -0.495 e. The highest BCUT2D eigenvalue weighted by atomic mass is 32.1. The number of hydrogen-bond acceptors (Lipinski definition) is 3. The summed E-state index contributed by atoms with van der Waals surface area (Å²) in [6.45, 7) is 0.